The van der Waals surface area contributed by atoms with Gasteiger partial charge in [0.1, 0.15) is 0 Å². The summed E-state index contributed by atoms with van der Waals surface area (Å²) in [5.41, 5.74) is 4.38. The van der Waals surface area contributed by atoms with Crippen molar-refractivity contribution >= 4 is 22.7 Å². The minimum absolute atomic E-state index is 1.00. The monoisotopic (exact) mass is 322 g/mol. The molecule has 1 aliphatic heterocycles. The Hall–Kier alpha value is -0.820. The Bertz CT molecular complexity index is 570. The molecule has 0 unspecified atom stereocenters. The highest BCUT2D eigenvalue weighted by Crippen LogP contribution is 2.17. The molecule has 2 aromatic heterocycles. The van der Waals surface area contributed by atoms with Gasteiger partial charge in [-0.2, -0.15) is 0 Å². The summed E-state index contributed by atoms with van der Waals surface area (Å²) in [6, 6.07) is 0. The van der Waals surface area contributed by atoms with Crippen LogP contribution in [0.25, 0.3) is 0 Å². The van der Waals surface area contributed by atoms with Crippen LogP contribution in [0.3, 0.4) is 0 Å². The highest BCUT2D eigenvalue weighted by Gasteiger charge is 2.19. The van der Waals surface area contributed by atoms with E-state index >= 15 is 0 Å². The van der Waals surface area contributed by atoms with E-state index in [0.29, 0.717) is 0 Å². The maximum absolute atomic E-state index is 4.67. The van der Waals surface area contributed by atoms with E-state index in [1.54, 1.807) is 22.7 Å². The molecule has 0 radical (unpaired) electrons. The molecule has 0 amide bonds. The minimum Gasteiger partial charge on any atom is -0.296 e. The van der Waals surface area contributed by atoms with Crippen LogP contribution in [-0.4, -0.2) is 45.9 Å². The zero-order chi connectivity index (χ0) is 14.7. The van der Waals surface area contributed by atoms with Gasteiger partial charge in [0.15, 0.2) is 0 Å². The Balaban J connectivity index is 1.47. The third kappa shape index (κ3) is 3.88. The van der Waals surface area contributed by atoms with Gasteiger partial charge in [0, 0.05) is 49.5 Å². The van der Waals surface area contributed by atoms with Gasteiger partial charge in [0.25, 0.3) is 0 Å². The van der Waals surface area contributed by atoms with Crippen molar-refractivity contribution < 1.29 is 0 Å². The average Bonchev–Trinajstić information content (AvgIpc) is 3.11. The van der Waals surface area contributed by atoms with Crippen molar-refractivity contribution in [2.75, 3.05) is 26.2 Å². The van der Waals surface area contributed by atoms with E-state index in [4.69, 9.17) is 0 Å². The van der Waals surface area contributed by atoms with Gasteiger partial charge in [-0.25, -0.2) is 9.97 Å². The first-order valence-electron chi connectivity index (χ1n) is 7.51. The van der Waals surface area contributed by atoms with Gasteiger partial charge in [-0.3, -0.25) is 9.80 Å². The van der Waals surface area contributed by atoms with Crippen LogP contribution in [0.15, 0.2) is 10.9 Å². The maximum atomic E-state index is 4.67. The molecule has 21 heavy (non-hydrogen) atoms. The van der Waals surface area contributed by atoms with Gasteiger partial charge in [0.2, 0.25) is 0 Å². The minimum atomic E-state index is 1.00. The molecule has 6 heteroatoms. The molecule has 114 valence electrons. The van der Waals surface area contributed by atoms with Crippen molar-refractivity contribution in [3.63, 3.8) is 0 Å². The molecular weight excluding hydrogens is 300 g/mol. The van der Waals surface area contributed by atoms with E-state index < -0.39 is 0 Å². The summed E-state index contributed by atoms with van der Waals surface area (Å²) >= 11 is 3.57. The van der Waals surface area contributed by atoms with Gasteiger partial charge in [-0.05, 0) is 13.3 Å². The summed E-state index contributed by atoms with van der Waals surface area (Å²) in [6.45, 7) is 10.9. The van der Waals surface area contributed by atoms with Gasteiger partial charge < -0.3 is 0 Å². The lowest BCUT2D eigenvalue weighted by atomic mass is 10.2. The highest BCUT2D eigenvalue weighted by molar-refractivity contribution is 7.09. The van der Waals surface area contributed by atoms with E-state index in [0.717, 1.165) is 45.7 Å². The number of hydrogen-bond acceptors (Lipinski definition) is 6. The second-order valence-corrected chi connectivity index (χ2v) is 7.38. The van der Waals surface area contributed by atoms with Crippen LogP contribution >= 0.6 is 22.7 Å². The summed E-state index contributed by atoms with van der Waals surface area (Å²) in [7, 11) is 0. The maximum Gasteiger partial charge on any atom is 0.0926 e. The second-order valence-electron chi connectivity index (χ2n) is 5.50. The fraction of sp³-hybridized carbons (Fsp3) is 0.600. The summed E-state index contributed by atoms with van der Waals surface area (Å²) in [5.74, 6) is 0. The lowest BCUT2D eigenvalue weighted by Gasteiger charge is -2.34. The molecule has 0 N–H and O–H groups in total. The molecule has 2 aromatic rings. The summed E-state index contributed by atoms with van der Waals surface area (Å²) in [5, 5.41) is 3.47. The van der Waals surface area contributed by atoms with Gasteiger partial charge in [-0.15, -0.1) is 22.7 Å². The van der Waals surface area contributed by atoms with Crippen LogP contribution in [0, 0.1) is 6.92 Å². The molecule has 1 saturated heterocycles. The van der Waals surface area contributed by atoms with Crippen molar-refractivity contribution in [1.82, 2.24) is 19.8 Å². The zero-order valence-corrected chi connectivity index (χ0v) is 14.3. The molecule has 3 rings (SSSR count). The zero-order valence-electron chi connectivity index (χ0n) is 12.7. The smallest absolute Gasteiger partial charge is 0.0926 e. The van der Waals surface area contributed by atoms with Crippen LogP contribution in [-0.2, 0) is 19.5 Å². The summed E-state index contributed by atoms with van der Waals surface area (Å²) in [6.07, 6.45) is 1.05. The molecule has 3 heterocycles. The van der Waals surface area contributed by atoms with Crippen LogP contribution < -0.4 is 0 Å². The summed E-state index contributed by atoms with van der Waals surface area (Å²) in [4.78, 5) is 15.5. The van der Waals surface area contributed by atoms with Crippen LogP contribution in [0.1, 0.15) is 28.2 Å². The van der Waals surface area contributed by atoms with Gasteiger partial charge >= 0.3 is 0 Å². The molecule has 0 aliphatic carbocycles. The standard InChI is InChI=1S/C15H22N4S2/c1-3-15-17-13(10-20-15)8-18-4-6-19(7-5-18)9-14-12(2)16-11-21-14/h10-11H,3-9H2,1-2H3. The Kier molecular flexibility index (Phi) is 5.00. The lowest BCUT2D eigenvalue weighted by Crippen LogP contribution is -2.45. The van der Waals surface area contributed by atoms with Crippen molar-refractivity contribution in [3.8, 4) is 0 Å². The van der Waals surface area contributed by atoms with Crippen LogP contribution in [0.2, 0.25) is 0 Å². The predicted octanol–water partition coefficient (Wildman–Crippen LogP) is 2.79. The second kappa shape index (κ2) is 6.96. The van der Waals surface area contributed by atoms with Gasteiger partial charge in [-0.1, -0.05) is 6.92 Å². The average molecular weight is 323 g/mol. The topological polar surface area (TPSA) is 32.3 Å². The van der Waals surface area contributed by atoms with E-state index in [1.807, 2.05) is 5.51 Å². The lowest BCUT2D eigenvalue weighted by molar-refractivity contribution is 0.121. The number of aromatic nitrogens is 2. The fourth-order valence-electron chi connectivity index (χ4n) is 2.60. The third-order valence-corrected chi connectivity index (χ3v) is 5.93. The number of hydrogen-bond donors (Lipinski definition) is 0. The molecule has 0 saturated carbocycles. The normalized spacial score (nSPS) is 17.4. The first-order chi connectivity index (χ1) is 10.2. The quantitative estimate of drug-likeness (QED) is 0.847. The number of aryl methyl sites for hydroxylation is 2. The van der Waals surface area contributed by atoms with Crippen molar-refractivity contribution in [3.05, 3.63) is 32.2 Å². The van der Waals surface area contributed by atoms with E-state index in [1.165, 1.54) is 21.3 Å². The number of thiazole rings is 2. The SMILES string of the molecule is CCc1nc(CN2CCN(Cc3scnc3C)CC2)cs1. The first-order valence-corrected chi connectivity index (χ1v) is 9.27. The van der Waals surface area contributed by atoms with Crippen LogP contribution in [0.5, 0.6) is 0 Å². The predicted molar refractivity (Wildman–Crippen MR) is 88.9 cm³/mol. The summed E-state index contributed by atoms with van der Waals surface area (Å²) < 4.78 is 0. The third-order valence-electron chi connectivity index (χ3n) is 3.96. The molecular formula is C15H22N4S2. The molecule has 0 aromatic carbocycles. The van der Waals surface area contributed by atoms with Crippen molar-refractivity contribution in [2.45, 2.75) is 33.4 Å². The van der Waals surface area contributed by atoms with E-state index in [2.05, 4.69) is 39.0 Å². The largest absolute Gasteiger partial charge is 0.296 e. The highest BCUT2D eigenvalue weighted by atomic mass is 32.1. The van der Waals surface area contributed by atoms with Crippen molar-refractivity contribution in [2.24, 2.45) is 0 Å². The molecule has 0 atom stereocenters. The molecule has 1 aliphatic rings. The van der Waals surface area contributed by atoms with Crippen molar-refractivity contribution in [1.29, 1.82) is 0 Å². The Morgan fingerprint density at radius 1 is 1.10 bits per heavy atom. The first kappa shape index (κ1) is 15.1. The number of piperazine rings is 1. The number of rotatable bonds is 5. The molecule has 0 spiro atoms. The number of nitrogens with zero attached hydrogens (tertiary/aromatic N) is 4. The Morgan fingerprint density at radius 2 is 1.81 bits per heavy atom. The Morgan fingerprint density at radius 3 is 2.38 bits per heavy atom. The van der Waals surface area contributed by atoms with Gasteiger partial charge in [0.05, 0.1) is 21.9 Å². The molecule has 4 nitrogen and oxygen atoms in total. The van der Waals surface area contributed by atoms with E-state index in [9.17, 15) is 0 Å². The van der Waals surface area contributed by atoms with Crippen LogP contribution in [0.4, 0.5) is 0 Å². The molecule has 1 fully saturated rings. The molecule has 0 bridgehead atoms. The fourth-order valence-corrected chi connectivity index (χ4v) is 4.15. The Labute approximate surface area is 134 Å². The van der Waals surface area contributed by atoms with E-state index in [-0.39, 0.29) is 0 Å².